The van der Waals surface area contributed by atoms with Crippen LogP contribution in [0.4, 0.5) is 10.5 Å². The number of nitrogens with zero attached hydrogens (tertiary/aromatic N) is 2. The lowest BCUT2D eigenvalue weighted by atomic mass is 10.1. The van der Waals surface area contributed by atoms with Gasteiger partial charge >= 0.3 is 6.03 Å². The molecule has 0 unspecified atom stereocenters. The van der Waals surface area contributed by atoms with E-state index in [1.165, 1.54) is 11.1 Å². The molecule has 1 aliphatic heterocycles. The number of carbonyl (C=O) groups is 1. The van der Waals surface area contributed by atoms with Crippen LogP contribution < -0.4 is 10.1 Å². The van der Waals surface area contributed by atoms with Gasteiger partial charge in [0, 0.05) is 38.4 Å². The smallest absolute Gasteiger partial charge is 0.321 e. The van der Waals surface area contributed by atoms with Gasteiger partial charge in [0.15, 0.2) is 0 Å². The third-order valence-electron chi connectivity index (χ3n) is 5.51. The molecular formula is C23H31N3O2. The fourth-order valence-corrected chi connectivity index (χ4v) is 3.64. The van der Waals surface area contributed by atoms with Crippen molar-refractivity contribution < 1.29 is 9.53 Å². The molecule has 2 amide bonds. The van der Waals surface area contributed by atoms with Crippen LogP contribution in [-0.4, -0.2) is 55.7 Å². The summed E-state index contributed by atoms with van der Waals surface area (Å²) < 4.78 is 5.21. The first-order valence-corrected chi connectivity index (χ1v) is 10.1. The highest BCUT2D eigenvalue weighted by molar-refractivity contribution is 5.91. The molecule has 0 spiro atoms. The number of ether oxygens (including phenoxy) is 1. The predicted octanol–water partition coefficient (Wildman–Crippen LogP) is 3.96. The largest absolute Gasteiger partial charge is 0.497 e. The van der Waals surface area contributed by atoms with Gasteiger partial charge in [-0.05, 0) is 48.6 Å². The maximum absolute atomic E-state index is 12.7. The second-order valence-corrected chi connectivity index (χ2v) is 7.32. The molecule has 3 rings (SSSR count). The van der Waals surface area contributed by atoms with Crippen molar-refractivity contribution in [3.05, 3.63) is 59.2 Å². The minimum absolute atomic E-state index is 0.0128. The van der Waals surface area contributed by atoms with E-state index in [9.17, 15) is 4.79 Å². The van der Waals surface area contributed by atoms with Crippen molar-refractivity contribution in [3.8, 4) is 5.75 Å². The van der Waals surface area contributed by atoms with E-state index in [1.807, 2.05) is 36.1 Å². The maximum Gasteiger partial charge on any atom is 0.321 e. The van der Waals surface area contributed by atoms with Crippen molar-refractivity contribution in [1.29, 1.82) is 0 Å². The molecule has 0 saturated carbocycles. The number of carbonyl (C=O) groups excluding carboxylic acids is 1. The van der Waals surface area contributed by atoms with Crippen LogP contribution in [0.15, 0.2) is 42.5 Å². The van der Waals surface area contributed by atoms with E-state index in [2.05, 4.69) is 35.3 Å². The molecule has 1 heterocycles. The summed E-state index contributed by atoms with van der Waals surface area (Å²) in [6.45, 7) is 8.54. The number of rotatable bonds is 6. The van der Waals surface area contributed by atoms with Gasteiger partial charge in [-0.3, -0.25) is 4.90 Å². The molecule has 0 radical (unpaired) electrons. The molecule has 1 N–H and O–H groups in total. The number of aryl methyl sites for hydroxylation is 2. The Morgan fingerprint density at radius 2 is 1.79 bits per heavy atom. The third kappa shape index (κ3) is 5.04. The number of benzene rings is 2. The zero-order valence-electron chi connectivity index (χ0n) is 17.2. The Kier molecular flexibility index (Phi) is 6.93. The molecule has 1 fully saturated rings. The molecular weight excluding hydrogens is 350 g/mol. The van der Waals surface area contributed by atoms with Gasteiger partial charge in [0.1, 0.15) is 5.75 Å². The molecule has 5 heteroatoms. The topological polar surface area (TPSA) is 44.8 Å². The van der Waals surface area contributed by atoms with Gasteiger partial charge in [-0.25, -0.2) is 4.79 Å². The lowest BCUT2D eigenvalue weighted by Gasteiger charge is -2.35. The molecule has 5 nitrogen and oxygen atoms in total. The van der Waals surface area contributed by atoms with Crippen LogP contribution >= 0.6 is 0 Å². The first kappa shape index (κ1) is 20.2. The number of hydrogen-bond donors (Lipinski definition) is 1. The molecule has 2 aromatic rings. The van der Waals surface area contributed by atoms with E-state index in [0.29, 0.717) is 0 Å². The number of amides is 2. The summed E-state index contributed by atoms with van der Waals surface area (Å²) in [5.74, 6) is 0.892. The Hall–Kier alpha value is -2.53. The summed E-state index contributed by atoms with van der Waals surface area (Å²) in [4.78, 5) is 17.1. The number of anilines is 1. The molecule has 0 atom stereocenters. The number of methoxy groups -OCH3 is 1. The lowest BCUT2D eigenvalue weighted by Crippen LogP contribution is -2.50. The lowest BCUT2D eigenvalue weighted by molar-refractivity contribution is 0.148. The van der Waals surface area contributed by atoms with Crippen molar-refractivity contribution >= 4 is 11.7 Å². The maximum atomic E-state index is 12.7. The minimum atomic E-state index is 0.0128. The number of para-hydroxylation sites is 1. The highest BCUT2D eigenvalue weighted by atomic mass is 16.5. The van der Waals surface area contributed by atoms with Gasteiger partial charge in [0.05, 0.1) is 7.11 Å². The Labute approximate surface area is 168 Å². The quantitative estimate of drug-likeness (QED) is 0.824. The standard InChI is InChI=1S/C23H31N3O2/c1-4-20-7-5-6-18(2)22(20)24-23(27)26-16-14-25(15-17-26)13-12-19-8-10-21(28-3)11-9-19/h5-11H,4,12-17H2,1-3H3,(H,24,27). The molecule has 28 heavy (non-hydrogen) atoms. The van der Waals surface area contributed by atoms with Crippen LogP contribution in [0, 0.1) is 6.92 Å². The van der Waals surface area contributed by atoms with Crippen LogP contribution in [-0.2, 0) is 12.8 Å². The Morgan fingerprint density at radius 1 is 1.07 bits per heavy atom. The van der Waals surface area contributed by atoms with E-state index < -0.39 is 0 Å². The molecule has 0 aliphatic carbocycles. The SMILES string of the molecule is CCc1cccc(C)c1NC(=O)N1CCN(CCc2ccc(OC)cc2)CC1. The second kappa shape index (κ2) is 9.60. The normalized spacial score (nSPS) is 14.8. The summed E-state index contributed by atoms with van der Waals surface area (Å²) >= 11 is 0. The van der Waals surface area contributed by atoms with Crippen molar-refractivity contribution in [2.45, 2.75) is 26.7 Å². The average molecular weight is 382 g/mol. The summed E-state index contributed by atoms with van der Waals surface area (Å²) in [5.41, 5.74) is 4.59. The van der Waals surface area contributed by atoms with E-state index in [4.69, 9.17) is 4.74 Å². The van der Waals surface area contributed by atoms with Gasteiger partial charge < -0.3 is 15.0 Å². The molecule has 0 bridgehead atoms. The predicted molar refractivity (Wildman–Crippen MR) is 114 cm³/mol. The van der Waals surface area contributed by atoms with Crippen LogP contribution in [0.3, 0.4) is 0 Å². The van der Waals surface area contributed by atoms with Gasteiger partial charge in [0.25, 0.3) is 0 Å². The third-order valence-corrected chi connectivity index (χ3v) is 5.51. The highest BCUT2D eigenvalue weighted by Gasteiger charge is 2.21. The minimum Gasteiger partial charge on any atom is -0.497 e. The van der Waals surface area contributed by atoms with Crippen LogP contribution in [0.5, 0.6) is 5.75 Å². The number of hydrogen-bond acceptors (Lipinski definition) is 3. The number of nitrogens with one attached hydrogen (secondary N) is 1. The molecule has 2 aromatic carbocycles. The van der Waals surface area contributed by atoms with Crippen molar-refractivity contribution in [2.75, 3.05) is 45.2 Å². The first-order valence-electron chi connectivity index (χ1n) is 10.1. The molecule has 1 saturated heterocycles. The monoisotopic (exact) mass is 381 g/mol. The van der Waals surface area contributed by atoms with E-state index >= 15 is 0 Å². The Morgan fingerprint density at radius 3 is 2.43 bits per heavy atom. The first-order chi connectivity index (χ1) is 13.6. The van der Waals surface area contributed by atoms with Crippen LogP contribution in [0.25, 0.3) is 0 Å². The van der Waals surface area contributed by atoms with Crippen LogP contribution in [0.2, 0.25) is 0 Å². The zero-order valence-corrected chi connectivity index (χ0v) is 17.2. The molecule has 1 aliphatic rings. The van der Waals surface area contributed by atoms with Gasteiger partial charge in [-0.15, -0.1) is 0 Å². The summed E-state index contributed by atoms with van der Waals surface area (Å²) in [5, 5.41) is 3.14. The van der Waals surface area contributed by atoms with E-state index in [1.54, 1.807) is 7.11 Å². The highest BCUT2D eigenvalue weighted by Crippen LogP contribution is 2.22. The Bertz CT molecular complexity index is 781. The number of urea groups is 1. The van der Waals surface area contributed by atoms with E-state index in [-0.39, 0.29) is 6.03 Å². The Balaban J connectivity index is 1.47. The van der Waals surface area contributed by atoms with Crippen LogP contribution in [0.1, 0.15) is 23.6 Å². The fraction of sp³-hybridized carbons (Fsp3) is 0.435. The van der Waals surface area contributed by atoms with Gasteiger partial charge in [-0.2, -0.15) is 0 Å². The van der Waals surface area contributed by atoms with E-state index in [0.717, 1.165) is 62.6 Å². The molecule has 0 aromatic heterocycles. The summed E-state index contributed by atoms with van der Waals surface area (Å²) in [6, 6.07) is 14.4. The van der Waals surface area contributed by atoms with Crippen molar-refractivity contribution in [3.63, 3.8) is 0 Å². The summed E-state index contributed by atoms with van der Waals surface area (Å²) in [7, 11) is 1.69. The van der Waals surface area contributed by atoms with Gasteiger partial charge in [-0.1, -0.05) is 37.3 Å². The van der Waals surface area contributed by atoms with Crippen molar-refractivity contribution in [1.82, 2.24) is 9.80 Å². The fourth-order valence-electron chi connectivity index (χ4n) is 3.64. The summed E-state index contributed by atoms with van der Waals surface area (Å²) in [6.07, 6.45) is 1.93. The number of piperazine rings is 1. The zero-order chi connectivity index (χ0) is 19.9. The average Bonchev–Trinajstić information content (AvgIpc) is 2.74. The van der Waals surface area contributed by atoms with Gasteiger partial charge in [0.2, 0.25) is 0 Å². The second-order valence-electron chi connectivity index (χ2n) is 7.32. The van der Waals surface area contributed by atoms with Crippen molar-refractivity contribution in [2.24, 2.45) is 0 Å². The molecule has 150 valence electrons.